The summed E-state index contributed by atoms with van der Waals surface area (Å²) in [7, 11) is 0. The van der Waals surface area contributed by atoms with Gasteiger partial charge in [0.2, 0.25) is 5.91 Å². The second-order valence-corrected chi connectivity index (χ2v) is 5.16. The minimum absolute atomic E-state index is 0.00977. The molecule has 1 aliphatic rings. The summed E-state index contributed by atoms with van der Waals surface area (Å²) in [5.74, 6) is -0.323. The quantitative estimate of drug-likeness (QED) is 0.675. The van der Waals surface area contributed by atoms with Crippen LogP contribution in [0.4, 0.5) is 0 Å². The van der Waals surface area contributed by atoms with Gasteiger partial charge in [0.15, 0.2) is 0 Å². The molecule has 0 atom stereocenters. The molecule has 0 saturated heterocycles. The molecule has 0 aromatic heterocycles. The summed E-state index contributed by atoms with van der Waals surface area (Å²) in [5.41, 5.74) is 5.28. The SMILES string of the molecule is CCOC(=O)CN(C(=O)C(CC)(CC)CN)C1CC1. The van der Waals surface area contributed by atoms with Crippen molar-refractivity contribution in [3.05, 3.63) is 0 Å². The zero-order valence-corrected chi connectivity index (χ0v) is 12.3. The van der Waals surface area contributed by atoms with Crippen LogP contribution in [0.15, 0.2) is 0 Å². The number of esters is 1. The van der Waals surface area contributed by atoms with Gasteiger partial charge in [0.1, 0.15) is 6.54 Å². The first-order chi connectivity index (χ1) is 9.04. The number of carbonyl (C=O) groups excluding carboxylic acids is 2. The van der Waals surface area contributed by atoms with Crippen molar-refractivity contribution in [3.8, 4) is 0 Å². The van der Waals surface area contributed by atoms with Crippen LogP contribution in [0.2, 0.25) is 0 Å². The van der Waals surface area contributed by atoms with Gasteiger partial charge in [-0.05, 0) is 32.6 Å². The Hall–Kier alpha value is -1.10. The number of rotatable bonds is 8. The summed E-state index contributed by atoms with van der Waals surface area (Å²) in [5, 5.41) is 0. The van der Waals surface area contributed by atoms with Crippen LogP contribution in [0.1, 0.15) is 46.5 Å². The van der Waals surface area contributed by atoms with E-state index in [2.05, 4.69) is 0 Å². The van der Waals surface area contributed by atoms with Crippen molar-refractivity contribution < 1.29 is 14.3 Å². The van der Waals surface area contributed by atoms with Gasteiger partial charge in [-0.25, -0.2) is 0 Å². The van der Waals surface area contributed by atoms with Gasteiger partial charge in [0.05, 0.1) is 12.0 Å². The zero-order valence-electron chi connectivity index (χ0n) is 12.3. The Morgan fingerprint density at radius 3 is 2.21 bits per heavy atom. The van der Waals surface area contributed by atoms with E-state index >= 15 is 0 Å². The van der Waals surface area contributed by atoms with E-state index in [1.807, 2.05) is 13.8 Å². The lowest BCUT2D eigenvalue weighted by Crippen LogP contribution is -2.50. The number of hydrogen-bond acceptors (Lipinski definition) is 4. The summed E-state index contributed by atoms with van der Waals surface area (Å²) in [6, 6.07) is 0.195. The molecule has 0 bridgehead atoms. The van der Waals surface area contributed by atoms with E-state index in [1.165, 1.54) is 0 Å². The van der Waals surface area contributed by atoms with Gasteiger partial charge in [-0.15, -0.1) is 0 Å². The summed E-state index contributed by atoms with van der Waals surface area (Å²) in [6.45, 7) is 6.44. The van der Waals surface area contributed by atoms with Crippen LogP contribution in [-0.2, 0) is 14.3 Å². The first-order valence-electron chi connectivity index (χ1n) is 7.21. The molecule has 1 saturated carbocycles. The summed E-state index contributed by atoms with van der Waals surface area (Å²) < 4.78 is 4.95. The van der Waals surface area contributed by atoms with Crippen LogP contribution in [0.3, 0.4) is 0 Å². The number of nitrogens with two attached hydrogens (primary N) is 1. The predicted octanol–water partition coefficient (Wildman–Crippen LogP) is 1.31. The average Bonchev–Trinajstić information content (AvgIpc) is 3.23. The third-order valence-electron chi connectivity index (χ3n) is 4.05. The molecule has 19 heavy (non-hydrogen) atoms. The molecule has 5 heteroatoms. The standard InChI is InChI=1S/C14H26N2O3/c1-4-14(5-2,10-15)13(18)16(11-7-8-11)9-12(17)19-6-3/h11H,4-10,15H2,1-3H3. The van der Waals surface area contributed by atoms with Crippen LogP contribution in [-0.4, -0.2) is 42.5 Å². The smallest absolute Gasteiger partial charge is 0.325 e. The Balaban J connectivity index is 2.80. The molecule has 0 radical (unpaired) electrons. The summed E-state index contributed by atoms with van der Waals surface area (Å²) in [6.07, 6.45) is 3.34. The van der Waals surface area contributed by atoms with Crippen molar-refractivity contribution >= 4 is 11.9 Å². The van der Waals surface area contributed by atoms with Gasteiger partial charge in [-0.3, -0.25) is 9.59 Å². The van der Waals surface area contributed by atoms with Crippen LogP contribution < -0.4 is 5.73 Å². The third kappa shape index (κ3) is 3.69. The van der Waals surface area contributed by atoms with Crippen LogP contribution >= 0.6 is 0 Å². The highest BCUT2D eigenvalue weighted by Gasteiger charge is 2.43. The molecule has 110 valence electrons. The second kappa shape index (κ2) is 6.89. The molecule has 0 aliphatic heterocycles. The van der Waals surface area contributed by atoms with Gasteiger partial charge < -0.3 is 15.4 Å². The number of amides is 1. The fourth-order valence-corrected chi connectivity index (χ4v) is 2.33. The van der Waals surface area contributed by atoms with E-state index in [1.54, 1.807) is 11.8 Å². The molecule has 0 aromatic carbocycles. The highest BCUT2D eigenvalue weighted by molar-refractivity contribution is 5.87. The van der Waals surface area contributed by atoms with Crippen LogP contribution in [0.5, 0.6) is 0 Å². The monoisotopic (exact) mass is 270 g/mol. The molecule has 0 unspecified atom stereocenters. The predicted molar refractivity (Wildman–Crippen MR) is 73.4 cm³/mol. The molecule has 0 aromatic rings. The summed E-state index contributed by atoms with van der Waals surface area (Å²) in [4.78, 5) is 26.0. The number of hydrogen-bond donors (Lipinski definition) is 1. The molecular formula is C14H26N2O3. The fourth-order valence-electron chi connectivity index (χ4n) is 2.33. The molecular weight excluding hydrogens is 244 g/mol. The first-order valence-corrected chi connectivity index (χ1v) is 7.21. The van der Waals surface area contributed by atoms with Gasteiger partial charge in [0.25, 0.3) is 0 Å². The maximum absolute atomic E-state index is 12.7. The van der Waals surface area contributed by atoms with Gasteiger partial charge in [-0.2, -0.15) is 0 Å². The molecule has 0 spiro atoms. The molecule has 1 fully saturated rings. The minimum atomic E-state index is -0.533. The normalized spacial score (nSPS) is 15.2. The van der Waals surface area contributed by atoms with E-state index in [0.717, 1.165) is 12.8 Å². The molecule has 1 aliphatic carbocycles. The average molecular weight is 270 g/mol. The van der Waals surface area contributed by atoms with E-state index in [-0.39, 0.29) is 24.5 Å². The van der Waals surface area contributed by atoms with Gasteiger partial charge in [-0.1, -0.05) is 13.8 Å². The van der Waals surface area contributed by atoms with E-state index in [9.17, 15) is 9.59 Å². The maximum atomic E-state index is 12.7. The third-order valence-corrected chi connectivity index (χ3v) is 4.05. The second-order valence-electron chi connectivity index (χ2n) is 5.16. The Morgan fingerprint density at radius 1 is 1.26 bits per heavy atom. The lowest BCUT2D eigenvalue weighted by Gasteiger charge is -2.35. The van der Waals surface area contributed by atoms with E-state index in [0.29, 0.717) is 26.0 Å². The van der Waals surface area contributed by atoms with E-state index < -0.39 is 5.41 Å². The Morgan fingerprint density at radius 2 is 1.84 bits per heavy atom. The molecule has 1 rings (SSSR count). The maximum Gasteiger partial charge on any atom is 0.325 e. The Labute approximate surface area is 115 Å². The largest absolute Gasteiger partial charge is 0.465 e. The van der Waals surface area contributed by atoms with Crippen molar-refractivity contribution in [2.24, 2.45) is 11.1 Å². The van der Waals surface area contributed by atoms with Gasteiger partial charge >= 0.3 is 5.97 Å². The van der Waals surface area contributed by atoms with Crippen molar-refractivity contribution in [2.45, 2.75) is 52.5 Å². The van der Waals surface area contributed by atoms with Crippen molar-refractivity contribution in [2.75, 3.05) is 19.7 Å². The fraction of sp³-hybridized carbons (Fsp3) is 0.857. The zero-order chi connectivity index (χ0) is 14.5. The Kier molecular flexibility index (Phi) is 5.79. The molecule has 5 nitrogen and oxygen atoms in total. The van der Waals surface area contributed by atoms with Crippen molar-refractivity contribution in [1.82, 2.24) is 4.90 Å². The topological polar surface area (TPSA) is 72.6 Å². The molecule has 1 amide bonds. The van der Waals surface area contributed by atoms with Gasteiger partial charge in [0, 0.05) is 12.6 Å². The first kappa shape index (κ1) is 16.0. The number of carbonyl (C=O) groups is 2. The lowest BCUT2D eigenvalue weighted by atomic mass is 9.81. The van der Waals surface area contributed by atoms with Crippen molar-refractivity contribution in [1.29, 1.82) is 0 Å². The molecule has 2 N–H and O–H groups in total. The highest BCUT2D eigenvalue weighted by Crippen LogP contribution is 2.34. The minimum Gasteiger partial charge on any atom is -0.465 e. The summed E-state index contributed by atoms with van der Waals surface area (Å²) >= 11 is 0. The molecule has 0 heterocycles. The van der Waals surface area contributed by atoms with E-state index in [4.69, 9.17) is 10.5 Å². The number of ether oxygens (including phenoxy) is 1. The van der Waals surface area contributed by atoms with Crippen LogP contribution in [0.25, 0.3) is 0 Å². The number of nitrogens with zero attached hydrogens (tertiary/aromatic N) is 1. The van der Waals surface area contributed by atoms with Crippen molar-refractivity contribution in [3.63, 3.8) is 0 Å². The van der Waals surface area contributed by atoms with Crippen LogP contribution in [0, 0.1) is 5.41 Å². The lowest BCUT2D eigenvalue weighted by molar-refractivity contribution is -0.153. The Bertz CT molecular complexity index is 314. The highest BCUT2D eigenvalue weighted by atomic mass is 16.5.